The fourth-order valence-electron chi connectivity index (χ4n) is 3.16. The molecule has 7 N–H and O–H groups in total. The van der Waals surface area contributed by atoms with E-state index in [2.05, 4.69) is 10.3 Å². The van der Waals surface area contributed by atoms with E-state index in [4.69, 9.17) is 21.9 Å². The number of hydrogen-bond donors (Lipinski definition) is 4. The minimum absolute atomic E-state index is 0.0421. The predicted octanol–water partition coefficient (Wildman–Crippen LogP) is 2.61. The number of primary amides is 1. The molecule has 0 saturated heterocycles. The number of methoxy groups -OCH3 is 1. The van der Waals surface area contributed by atoms with Crippen molar-refractivity contribution >= 4 is 29.0 Å². The lowest BCUT2D eigenvalue weighted by Gasteiger charge is -2.11. The maximum absolute atomic E-state index is 13.1. The fraction of sp³-hybridized carbons (Fsp3) is 0.0800. The highest BCUT2D eigenvalue weighted by atomic mass is 19.1. The minimum atomic E-state index is -0.853. The summed E-state index contributed by atoms with van der Waals surface area (Å²) in [6, 6.07) is 19.0. The van der Waals surface area contributed by atoms with Gasteiger partial charge < -0.3 is 27.3 Å². The molecule has 174 valence electrons. The first-order valence-corrected chi connectivity index (χ1v) is 10.2. The number of carbonyl (C=O) groups excluding carboxylic acids is 2. The molecule has 3 aromatic carbocycles. The molecule has 0 aromatic heterocycles. The van der Waals surface area contributed by atoms with Crippen molar-refractivity contribution in [2.75, 3.05) is 7.11 Å². The lowest BCUT2D eigenvalue weighted by atomic mass is 10.0. The number of benzene rings is 3. The van der Waals surface area contributed by atoms with E-state index < -0.39 is 11.7 Å². The quantitative estimate of drug-likeness (QED) is 0.231. The summed E-state index contributed by atoms with van der Waals surface area (Å²) in [6.45, 7) is 0.262. The van der Waals surface area contributed by atoms with Crippen LogP contribution in [0.1, 0.15) is 21.5 Å². The average molecular weight is 461 g/mol. The number of ether oxygens (including phenoxy) is 1. The van der Waals surface area contributed by atoms with Gasteiger partial charge in [0.2, 0.25) is 0 Å². The molecule has 9 heteroatoms. The molecule has 3 rings (SSSR count). The Balaban J connectivity index is 1.77. The Hall–Kier alpha value is -4.66. The number of amides is 2. The second-order valence-electron chi connectivity index (χ2n) is 7.21. The number of carbonyl (C=O) groups is 2. The van der Waals surface area contributed by atoms with Gasteiger partial charge in [0, 0.05) is 6.54 Å². The Morgan fingerprint density at radius 2 is 1.59 bits per heavy atom. The zero-order valence-electron chi connectivity index (χ0n) is 18.4. The zero-order valence-corrected chi connectivity index (χ0v) is 18.4. The van der Waals surface area contributed by atoms with Crippen LogP contribution in [0.4, 0.5) is 10.1 Å². The smallest absolute Gasteiger partial charge is 0.255 e. The van der Waals surface area contributed by atoms with E-state index in [1.54, 1.807) is 48.5 Å². The van der Waals surface area contributed by atoms with Crippen LogP contribution < -0.4 is 27.3 Å². The molecule has 0 aliphatic rings. The third-order valence-electron chi connectivity index (χ3n) is 4.92. The van der Waals surface area contributed by atoms with Gasteiger partial charge in [0.05, 0.1) is 24.1 Å². The molecular formula is C25H24FN5O3. The zero-order chi connectivity index (χ0) is 24.7. The molecule has 0 saturated carbocycles. The van der Waals surface area contributed by atoms with Crippen LogP contribution in [-0.4, -0.2) is 24.8 Å². The predicted molar refractivity (Wildman–Crippen MR) is 129 cm³/mol. The Bertz CT molecular complexity index is 1250. The van der Waals surface area contributed by atoms with Gasteiger partial charge in [0.25, 0.3) is 11.8 Å². The third-order valence-corrected chi connectivity index (χ3v) is 4.92. The number of nitrogens with one attached hydrogen (secondary N) is 1. The largest absolute Gasteiger partial charge is 0.496 e. The molecule has 0 radical (unpaired) electrons. The second-order valence-corrected chi connectivity index (χ2v) is 7.21. The molecule has 8 nitrogen and oxygen atoms in total. The second kappa shape index (κ2) is 10.8. The Morgan fingerprint density at radius 3 is 2.21 bits per heavy atom. The van der Waals surface area contributed by atoms with Crippen molar-refractivity contribution in [2.24, 2.45) is 22.2 Å². The van der Waals surface area contributed by atoms with Crippen LogP contribution in [0.5, 0.6) is 5.75 Å². The van der Waals surface area contributed by atoms with Crippen molar-refractivity contribution in [3.8, 4) is 5.75 Å². The number of halogens is 1. The molecule has 0 heterocycles. The number of hydrogen-bond acceptors (Lipinski definition) is 5. The van der Waals surface area contributed by atoms with Crippen molar-refractivity contribution < 1.29 is 18.7 Å². The van der Waals surface area contributed by atoms with E-state index in [-0.39, 0.29) is 29.6 Å². The number of aliphatic imine (C=N–C) groups is 1. The lowest BCUT2D eigenvalue weighted by molar-refractivity contribution is -0.114. The highest BCUT2D eigenvalue weighted by Gasteiger charge is 2.17. The summed E-state index contributed by atoms with van der Waals surface area (Å²) in [4.78, 5) is 28.6. The summed E-state index contributed by atoms with van der Waals surface area (Å²) in [7, 11) is 1.50. The van der Waals surface area contributed by atoms with Crippen LogP contribution in [0.2, 0.25) is 0 Å². The first-order valence-electron chi connectivity index (χ1n) is 10.2. The maximum Gasteiger partial charge on any atom is 0.255 e. The van der Waals surface area contributed by atoms with Gasteiger partial charge in [0.15, 0.2) is 0 Å². The van der Waals surface area contributed by atoms with E-state index in [0.29, 0.717) is 22.6 Å². The van der Waals surface area contributed by atoms with Crippen LogP contribution in [0.3, 0.4) is 0 Å². The summed E-state index contributed by atoms with van der Waals surface area (Å²) in [5.41, 5.74) is 19.6. The van der Waals surface area contributed by atoms with Crippen LogP contribution in [-0.2, 0) is 11.3 Å². The van der Waals surface area contributed by atoms with Crippen molar-refractivity contribution in [2.45, 2.75) is 6.54 Å². The highest BCUT2D eigenvalue weighted by molar-refractivity contribution is 6.24. The van der Waals surface area contributed by atoms with Crippen molar-refractivity contribution in [1.29, 1.82) is 0 Å². The van der Waals surface area contributed by atoms with E-state index in [9.17, 15) is 14.0 Å². The normalized spacial score (nSPS) is 12.0. The molecule has 34 heavy (non-hydrogen) atoms. The van der Waals surface area contributed by atoms with Crippen LogP contribution in [0, 0.1) is 5.82 Å². The van der Waals surface area contributed by atoms with Gasteiger partial charge >= 0.3 is 0 Å². The van der Waals surface area contributed by atoms with Crippen molar-refractivity contribution in [3.05, 3.63) is 101 Å². The van der Waals surface area contributed by atoms with Gasteiger partial charge in [-0.1, -0.05) is 36.4 Å². The first-order chi connectivity index (χ1) is 16.3. The van der Waals surface area contributed by atoms with Crippen LogP contribution in [0.15, 0.2) is 83.4 Å². The van der Waals surface area contributed by atoms with E-state index in [1.165, 1.54) is 31.4 Å². The highest BCUT2D eigenvalue weighted by Crippen LogP contribution is 2.19. The average Bonchev–Trinajstić information content (AvgIpc) is 2.84. The molecule has 0 unspecified atom stereocenters. The molecule has 0 spiro atoms. The lowest BCUT2D eigenvalue weighted by Crippen LogP contribution is -2.29. The van der Waals surface area contributed by atoms with E-state index >= 15 is 0 Å². The Labute approximate surface area is 195 Å². The number of amidine groups is 1. The molecule has 0 atom stereocenters. The summed E-state index contributed by atoms with van der Waals surface area (Å²) in [6.07, 6.45) is 0. The standard InChI is InChI=1S/C25H24FN5O3/c1-34-20-5-3-2-4-19(20)25(33)30-14-15-6-8-16(9-7-15)22(27)21(24(29)32)23(28)31-18-12-10-17(26)11-13-18/h2-13H,14,27H2,1H3,(H2,28,31)(H2,29,32)(H,30,33). The van der Waals surface area contributed by atoms with Gasteiger partial charge in [-0.25, -0.2) is 9.38 Å². The topological polar surface area (TPSA) is 146 Å². The molecule has 0 aliphatic carbocycles. The van der Waals surface area contributed by atoms with Crippen LogP contribution >= 0.6 is 0 Å². The van der Waals surface area contributed by atoms with Gasteiger partial charge in [-0.05, 0) is 47.5 Å². The molecular weight excluding hydrogens is 437 g/mol. The Morgan fingerprint density at radius 1 is 0.941 bits per heavy atom. The van der Waals surface area contributed by atoms with E-state index in [0.717, 1.165) is 5.56 Å². The van der Waals surface area contributed by atoms with Crippen LogP contribution in [0.25, 0.3) is 5.70 Å². The van der Waals surface area contributed by atoms with Crippen molar-refractivity contribution in [3.63, 3.8) is 0 Å². The van der Waals surface area contributed by atoms with Gasteiger partial charge in [-0.15, -0.1) is 0 Å². The van der Waals surface area contributed by atoms with Gasteiger partial charge in [0.1, 0.15) is 23.0 Å². The Kier molecular flexibility index (Phi) is 7.60. The molecule has 0 fully saturated rings. The SMILES string of the molecule is COc1ccccc1C(=O)NCc1ccc(C(N)=C(C(N)=O)C(N)=Nc2ccc(F)cc2)cc1. The van der Waals surface area contributed by atoms with Gasteiger partial charge in [-0.2, -0.15) is 0 Å². The molecule has 3 aromatic rings. The number of nitrogens with two attached hydrogens (primary N) is 3. The maximum atomic E-state index is 13.1. The fourth-order valence-corrected chi connectivity index (χ4v) is 3.16. The third kappa shape index (κ3) is 5.77. The number of para-hydroxylation sites is 1. The molecule has 0 aliphatic heterocycles. The number of nitrogens with zero attached hydrogens (tertiary/aromatic N) is 1. The monoisotopic (exact) mass is 461 g/mol. The summed E-state index contributed by atoms with van der Waals surface area (Å²) >= 11 is 0. The van der Waals surface area contributed by atoms with Crippen molar-refractivity contribution in [1.82, 2.24) is 5.32 Å². The van der Waals surface area contributed by atoms with E-state index in [1.807, 2.05) is 0 Å². The minimum Gasteiger partial charge on any atom is -0.496 e. The summed E-state index contributed by atoms with van der Waals surface area (Å²) in [5.74, 6) is -1.27. The summed E-state index contributed by atoms with van der Waals surface area (Å²) < 4.78 is 18.3. The molecule has 0 bridgehead atoms. The number of rotatable bonds is 8. The first kappa shape index (κ1) is 24.0. The summed E-state index contributed by atoms with van der Waals surface area (Å²) in [5, 5.41) is 2.83. The van der Waals surface area contributed by atoms with Gasteiger partial charge in [-0.3, -0.25) is 9.59 Å². The molecule has 2 amide bonds.